The smallest absolute Gasteiger partial charge is 0.139 e. The van der Waals surface area contributed by atoms with Crippen molar-refractivity contribution in [3.05, 3.63) is 12.3 Å². The number of allylic oxidation sites excluding steroid dienone is 1. The van der Waals surface area contributed by atoms with Gasteiger partial charge in [0.25, 0.3) is 0 Å². The van der Waals surface area contributed by atoms with Gasteiger partial charge in [-0.2, -0.15) is 0 Å². The van der Waals surface area contributed by atoms with Crippen LogP contribution in [0.25, 0.3) is 0 Å². The summed E-state index contributed by atoms with van der Waals surface area (Å²) < 4.78 is 0. The fourth-order valence-electron chi connectivity index (χ4n) is 0.686. The molecule has 0 aliphatic heterocycles. The van der Waals surface area contributed by atoms with E-state index in [4.69, 9.17) is 0 Å². The van der Waals surface area contributed by atoms with Crippen molar-refractivity contribution in [2.24, 2.45) is 5.92 Å². The number of hydrogen-bond acceptors (Lipinski definition) is 0. The molecule has 0 aromatic heterocycles. The summed E-state index contributed by atoms with van der Waals surface area (Å²) >= 11 is 0. The normalized spacial score (nSPS) is 14.8. The zero-order chi connectivity index (χ0) is 6.41. The Morgan fingerprint density at radius 2 is 2.25 bits per heavy atom. The minimum absolute atomic E-state index is 0.470. The molecule has 1 radical (unpaired) electrons. The topological polar surface area (TPSA) is 19.9 Å². The summed E-state index contributed by atoms with van der Waals surface area (Å²) in [5.74, 6) is 0.470. The van der Waals surface area contributed by atoms with Crippen molar-refractivity contribution in [1.82, 2.24) is 0 Å². The Kier molecular flexibility index (Phi) is 4.42. The van der Waals surface area contributed by atoms with Crippen LogP contribution in [0.5, 0.6) is 0 Å². The molecule has 0 N–H and O–H groups in total. The lowest BCUT2D eigenvalue weighted by molar-refractivity contribution is 0.346. The lowest BCUT2D eigenvalue weighted by Crippen LogP contribution is -1.85. The first-order valence-corrected chi connectivity index (χ1v) is 3.10. The molecule has 0 saturated carbocycles. The molecule has 0 aliphatic carbocycles. The summed E-state index contributed by atoms with van der Waals surface area (Å²) in [7, 11) is 0. The Bertz CT molecular complexity index is 66.8. The van der Waals surface area contributed by atoms with Crippen molar-refractivity contribution in [2.45, 2.75) is 26.7 Å². The fraction of sp³-hybridized carbons (Fsp3) is 0.714. The lowest BCUT2D eigenvalue weighted by Gasteiger charge is -1.98. The molecule has 0 aromatic rings. The molecule has 0 aliphatic rings. The van der Waals surface area contributed by atoms with Gasteiger partial charge in [-0.1, -0.05) is 20.3 Å². The van der Waals surface area contributed by atoms with Gasteiger partial charge in [-0.3, -0.25) is 5.11 Å². The van der Waals surface area contributed by atoms with Crippen LogP contribution >= 0.6 is 0 Å². The van der Waals surface area contributed by atoms with Crippen molar-refractivity contribution in [1.29, 1.82) is 0 Å². The van der Waals surface area contributed by atoms with Crippen molar-refractivity contribution in [3.63, 3.8) is 0 Å². The Morgan fingerprint density at radius 1 is 1.62 bits per heavy atom. The highest BCUT2D eigenvalue weighted by atomic mass is 16.2. The van der Waals surface area contributed by atoms with E-state index in [1.165, 1.54) is 0 Å². The van der Waals surface area contributed by atoms with E-state index in [1.807, 2.05) is 0 Å². The van der Waals surface area contributed by atoms with E-state index in [9.17, 15) is 5.11 Å². The first kappa shape index (κ1) is 7.54. The number of hydrogen-bond donors (Lipinski definition) is 0. The Balaban J connectivity index is 3.17. The average molecular weight is 113 g/mol. The fourth-order valence-corrected chi connectivity index (χ4v) is 0.686. The van der Waals surface area contributed by atoms with Crippen LogP contribution < -0.4 is 0 Å². The Hall–Kier alpha value is -0.460. The van der Waals surface area contributed by atoms with Gasteiger partial charge >= 0.3 is 0 Å². The molecule has 8 heavy (non-hydrogen) atoms. The highest BCUT2D eigenvalue weighted by Gasteiger charge is 1.91. The van der Waals surface area contributed by atoms with Crippen LogP contribution in [0.3, 0.4) is 0 Å². The Labute approximate surface area is 51.0 Å². The highest BCUT2D eigenvalue weighted by Crippen LogP contribution is 2.04. The predicted molar refractivity (Wildman–Crippen MR) is 33.9 cm³/mol. The molecule has 1 nitrogen and oxygen atoms in total. The minimum Gasteiger partial charge on any atom is -0.299 e. The van der Waals surface area contributed by atoms with E-state index in [0.29, 0.717) is 5.92 Å². The van der Waals surface area contributed by atoms with Crippen molar-refractivity contribution < 1.29 is 5.11 Å². The predicted octanol–water partition coefficient (Wildman–Crippen LogP) is 2.37. The third-order valence-electron chi connectivity index (χ3n) is 1.15. The molecule has 0 rings (SSSR count). The van der Waals surface area contributed by atoms with Gasteiger partial charge in [0, 0.05) is 0 Å². The zero-order valence-electron chi connectivity index (χ0n) is 5.55. The first-order valence-electron chi connectivity index (χ1n) is 3.10. The molecule has 0 saturated heterocycles. The number of rotatable bonds is 3. The van der Waals surface area contributed by atoms with Gasteiger partial charge in [0.15, 0.2) is 0 Å². The largest absolute Gasteiger partial charge is 0.299 e. The van der Waals surface area contributed by atoms with E-state index in [-0.39, 0.29) is 0 Å². The molecular formula is C7H13O. The maximum Gasteiger partial charge on any atom is 0.139 e. The monoisotopic (exact) mass is 113 g/mol. The minimum atomic E-state index is 0.470. The van der Waals surface area contributed by atoms with Gasteiger partial charge in [0.2, 0.25) is 0 Å². The molecule has 0 heterocycles. The van der Waals surface area contributed by atoms with Crippen LogP contribution in [-0.2, 0) is 5.11 Å². The summed E-state index contributed by atoms with van der Waals surface area (Å²) in [6, 6.07) is 0. The van der Waals surface area contributed by atoms with Crippen molar-refractivity contribution >= 4 is 0 Å². The molecule has 47 valence electrons. The first-order chi connectivity index (χ1) is 3.81. The van der Waals surface area contributed by atoms with Gasteiger partial charge in [-0.05, 0) is 18.4 Å². The van der Waals surface area contributed by atoms with Crippen LogP contribution in [0.1, 0.15) is 26.7 Å². The molecule has 1 unspecified atom stereocenters. The maximum absolute atomic E-state index is 9.83. The van der Waals surface area contributed by atoms with Crippen LogP contribution in [-0.4, -0.2) is 0 Å². The van der Waals surface area contributed by atoms with Crippen LogP contribution in [0.4, 0.5) is 0 Å². The molecule has 1 heteroatoms. The van der Waals surface area contributed by atoms with Gasteiger partial charge in [-0.25, -0.2) is 0 Å². The molecule has 0 bridgehead atoms. The lowest BCUT2D eigenvalue weighted by atomic mass is 10.1. The average Bonchev–Trinajstić information content (AvgIpc) is 1.68. The molecule has 0 spiro atoms. The zero-order valence-corrected chi connectivity index (χ0v) is 5.55. The second kappa shape index (κ2) is 4.69. The summed E-state index contributed by atoms with van der Waals surface area (Å²) in [5.41, 5.74) is 0. The Morgan fingerprint density at radius 3 is 2.62 bits per heavy atom. The second-order valence-electron chi connectivity index (χ2n) is 2.09. The quantitative estimate of drug-likeness (QED) is 0.501. The standard InChI is InChI=1S/C7H13O/c1-3-4-7(2)5-6-8/h5-7H,3-4H2,1-2H3/b6-5+. The van der Waals surface area contributed by atoms with Crippen molar-refractivity contribution in [2.75, 3.05) is 0 Å². The molecule has 0 amide bonds. The van der Waals surface area contributed by atoms with Crippen molar-refractivity contribution in [3.8, 4) is 0 Å². The van der Waals surface area contributed by atoms with Crippen LogP contribution in [0.2, 0.25) is 0 Å². The summed E-state index contributed by atoms with van der Waals surface area (Å²) in [5, 5.41) is 9.83. The van der Waals surface area contributed by atoms with Gasteiger partial charge in [0.05, 0.1) is 0 Å². The third-order valence-corrected chi connectivity index (χ3v) is 1.15. The molecule has 0 fully saturated rings. The third kappa shape index (κ3) is 3.72. The van der Waals surface area contributed by atoms with E-state index >= 15 is 0 Å². The highest BCUT2D eigenvalue weighted by molar-refractivity contribution is 4.77. The van der Waals surface area contributed by atoms with Gasteiger partial charge < -0.3 is 0 Å². The van der Waals surface area contributed by atoms with Crippen LogP contribution in [0, 0.1) is 5.92 Å². The molecular weight excluding hydrogens is 100 g/mol. The maximum atomic E-state index is 9.83. The van der Waals surface area contributed by atoms with E-state index in [1.54, 1.807) is 6.08 Å². The second-order valence-corrected chi connectivity index (χ2v) is 2.09. The van der Waals surface area contributed by atoms with Gasteiger partial charge in [-0.15, -0.1) is 0 Å². The summed E-state index contributed by atoms with van der Waals surface area (Å²) in [6.07, 6.45) is 4.86. The summed E-state index contributed by atoms with van der Waals surface area (Å²) in [4.78, 5) is 0. The van der Waals surface area contributed by atoms with Gasteiger partial charge in [0.1, 0.15) is 6.26 Å². The summed E-state index contributed by atoms with van der Waals surface area (Å²) in [6.45, 7) is 4.17. The van der Waals surface area contributed by atoms with E-state index in [2.05, 4.69) is 13.8 Å². The van der Waals surface area contributed by atoms with E-state index in [0.717, 1.165) is 19.1 Å². The SMILES string of the molecule is CCCC(C)/C=C/[O]. The van der Waals surface area contributed by atoms with Crippen LogP contribution in [0.15, 0.2) is 12.3 Å². The molecule has 0 aromatic carbocycles. The molecule has 1 atom stereocenters. The van der Waals surface area contributed by atoms with E-state index < -0.39 is 0 Å².